The molecule has 0 rings (SSSR count). The first-order valence-electron chi connectivity index (χ1n) is 6.77. The Kier molecular flexibility index (Phi) is 10.3. The number of rotatable bonds is 11. The molecule has 0 aromatic carbocycles. The monoisotopic (exact) mass is 247 g/mol. The Balaban J connectivity index is 4.16. The Morgan fingerprint density at radius 2 is 1.44 bits per heavy atom. The largest absolute Gasteiger partial charge is 0.424 e. The van der Waals surface area contributed by atoms with Crippen molar-refractivity contribution in [2.45, 2.75) is 59.4 Å². The van der Waals surface area contributed by atoms with E-state index in [9.17, 15) is 0 Å². The van der Waals surface area contributed by atoms with E-state index >= 15 is 0 Å². The van der Waals surface area contributed by atoms with E-state index in [0.29, 0.717) is 0 Å². The summed E-state index contributed by atoms with van der Waals surface area (Å²) in [6.45, 7) is 11.3. The Labute approximate surface area is 102 Å². The second-order valence-corrected chi connectivity index (χ2v) is 7.23. The summed E-state index contributed by atoms with van der Waals surface area (Å²) in [5.74, 6) is 0. The fraction of sp³-hybridized carbons (Fsp3) is 1.00. The van der Waals surface area contributed by atoms with E-state index in [1.165, 1.54) is 12.8 Å². The van der Waals surface area contributed by atoms with Gasteiger partial charge in [-0.05, 0) is 25.8 Å². The van der Waals surface area contributed by atoms with Crippen molar-refractivity contribution >= 4 is 8.72 Å². The lowest BCUT2D eigenvalue weighted by Gasteiger charge is -2.30. The summed E-state index contributed by atoms with van der Waals surface area (Å²) >= 11 is 0. The number of hydrogen-bond donors (Lipinski definition) is 1. The molecule has 3 nitrogen and oxygen atoms in total. The van der Waals surface area contributed by atoms with E-state index in [2.05, 4.69) is 32.7 Å². The molecule has 0 radical (unpaired) electrons. The highest BCUT2D eigenvalue weighted by atomic mass is 28.4. The van der Waals surface area contributed by atoms with Gasteiger partial charge in [0.2, 0.25) is 0 Å². The molecule has 0 amide bonds. The van der Waals surface area contributed by atoms with Crippen molar-refractivity contribution in [3.63, 3.8) is 0 Å². The lowest BCUT2D eigenvalue weighted by molar-refractivity contribution is 0.157. The molecule has 0 aliphatic heterocycles. The van der Waals surface area contributed by atoms with Crippen molar-refractivity contribution in [3.8, 4) is 0 Å². The molecule has 0 unspecified atom stereocenters. The topological polar surface area (TPSA) is 30.5 Å². The number of unbranched alkanes of at least 4 members (excludes halogenated alkanes) is 1. The van der Waals surface area contributed by atoms with Crippen LogP contribution in [0.3, 0.4) is 0 Å². The van der Waals surface area contributed by atoms with Gasteiger partial charge < -0.3 is 8.85 Å². The predicted octanol–water partition coefficient (Wildman–Crippen LogP) is 3.19. The summed E-state index contributed by atoms with van der Waals surface area (Å²) in [7, 11) is -2.10. The molecule has 4 heteroatoms. The lowest BCUT2D eigenvalue weighted by Crippen LogP contribution is -2.56. The zero-order chi connectivity index (χ0) is 12.3. The lowest BCUT2D eigenvalue weighted by atomic mass is 10.3. The van der Waals surface area contributed by atoms with Crippen LogP contribution in [0.1, 0.15) is 53.4 Å². The molecule has 0 aliphatic carbocycles. The van der Waals surface area contributed by atoms with Crippen LogP contribution in [-0.4, -0.2) is 28.5 Å². The van der Waals surface area contributed by atoms with Gasteiger partial charge in [0.25, 0.3) is 0 Å². The molecule has 0 atom stereocenters. The summed E-state index contributed by atoms with van der Waals surface area (Å²) in [6.07, 6.45) is 4.52. The molecule has 0 heterocycles. The summed E-state index contributed by atoms with van der Waals surface area (Å²) in [5.41, 5.74) is 0. The highest BCUT2D eigenvalue weighted by molar-refractivity contribution is 6.64. The summed E-state index contributed by atoms with van der Waals surface area (Å²) < 4.78 is 12.0. The molecule has 0 saturated heterocycles. The molecule has 0 aromatic heterocycles. The molecular weight excluding hydrogens is 218 g/mol. The van der Waals surface area contributed by atoms with Gasteiger partial charge in [0.05, 0.1) is 0 Å². The molecular formula is C12H29NO2Si. The number of hydrogen-bond acceptors (Lipinski definition) is 3. The molecule has 16 heavy (non-hydrogen) atoms. The molecule has 0 saturated carbocycles. The second-order valence-electron chi connectivity index (χ2n) is 4.08. The molecule has 0 spiro atoms. The van der Waals surface area contributed by atoms with Crippen molar-refractivity contribution in [2.24, 2.45) is 0 Å². The zero-order valence-electron chi connectivity index (χ0n) is 11.5. The standard InChI is InChI=1S/C12H29NO2Si/c1-5-9-10-13-16(8-4,14-11-6-2)15-12-7-3/h13H,5-12H2,1-4H3. The first kappa shape index (κ1) is 16.1. The minimum Gasteiger partial charge on any atom is -0.383 e. The predicted molar refractivity (Wildman–Crippen MR) is 71.6 cm³/mol. The zero-order valence-corrected chi connectivity index (χ0v) is 12.5. The van der Waals surface area contributed by atoms with Gasteiger partial charge in [-0.1, -0.05) is 34.1 Å². The third-order valence-electron chi connectivity index (χ3n) is 2.47. The maximum Gasteiger partial charge on any atom is 0.424 e. The second kappa shape index (κ2) is 10.3. The maximum absolute atomic E-state index is 5.98. The van der Waals surface area contributed by atoms with E-state index in [1.54, 1.807) is 0 Å². The van der Waals surface area contributed by atoms with Crippen molar-refractivity contribution in [2.75, 3.05) is 19.8 Å². The van der Waals surface area contributed by atoms with Crippen LogP contribution in [0, 0.1) is 0 Å². The molecule has 0 fully saturated rings. The van der Waals surface area contributed by atoms with Crippen molar-refractivity contribution < 1.29 is 8.85 Å². The fourth-order valence-electron chi connectivity index (χ4n) is 1.46. The maximum atomic E-state index is 5.98. The van der Waals surface area contributed by atoms with Gasteiger partial charge in [0.1, 0.15) is 0 Å². The average molecular weight is 247 g/mol. The summed E-state index contributed by atoms with van der Waals surface area (Å²) in [5, 5.41) is 0. The highest BCUT2D eigenvalue weighted by Crippen LogP contribution is 2.11. The normalized spacial score (nSPS) is 12.0. The van der Waals surface area contributed by atoms with Crippen LogP contribution in [0.15, 0.2) is 0 Å². The smallest absolute Gasteiger partial charge is 0.383 e. The van der Waals surface area contributed by atoms with E-state index in [0.717, 1.165) is 38.6 Å². The highest BCUT2D eigenvalue weighted by Gasteiger charge is 2.35. The van der Waals surface area contributed by atoms with Gasteiger partial charge in [-0.25, -0.2) is 0 Å². The molecule has 98 valence electrons. The Morgan fingerprint density at radius 3 is 1.81 bits per heavy atom. The van der Waals surface area contributed by atoms with Gasteiger partial charge in [-0.3, -0.25) is 4.98 Å². The van der Waals surface area contributed by atoms with Crippen LogP contribution in [0.4, 0.5) is 0 Å². The molecule has 0 aliphatic rings. The Morgan fingerprint density at radius 1 is 0.875 bits per heavy atom. The van der Waals surface area contributed by atoms with Crippen molar-refractivity contribution in [1.82, 2.24) is 4.98 Å². The van der Waals surface area contributed by atoms with Crippen molar-refractivity contribution in [1.29, 1.82) is 0 Å². The van der Waals surface area contributed by atoms with Gasteiger partial charge >= 0.3 is 8.72 Å². The Hall–Kier alpha value is 0.0969. The van der Waals surface area contributed by atoms with Gasteiger partial charge in [0, 0.05) is 19.3 Å². The van der Waals surface area contributed by atoms with Crippen LogP contribution in [0.5, 0.6) is 0 Å². The Bertz CT molecular complexity index is 148. The van der Waals surface area contributed by atoms with E-state index in [1.807, 2.05) is 0 Å². The number of nitrogens with one attached hydrogen (secondary N) is 1. The van der Waals surface area contributed by atoms with Crippen LogP contribution >= 0.6 is 0 Å². The average Bonchev–Trinajstić information content (AvgIpc) is 2.32. The first-order chi connectivity index (χ1) is 7.74. The molecule has 1 N–H and O–H groups in total. The third kappa shape index (κ3) is 6.63. The van der Waals surface area contributed by atoms with Crippen molar-refractivity contribution in [3.05, 3.63) is 0 Å². The molecule has 0 bridgehead atoms. The molecule has 0 aromatic rings. The fourth-order valence-corrected chi connectivity index (χ4v) is 4.03. The van der Waals surface area contributed by atoms with Crippen LogP contribution in [-0.2, 0) is 8.85 Å². The summed E-state index contributed by atoms with van der Waals surface area (Å²) in [6, 6.07) is 0.983. The van der Waals surface area contributed by atoms with E-state index in [-0.39, 0.29) is 0 Å². The van der Waals surface area contributed by atoms with Gasteiger partial charge in [-0.2, -0.15) is 0 Å². The van der Waals surface area contributed by atoms with Crippen LogP contribution in [0.2, 0.25) is 6.04 Å². The van der Waals surface area contributed by atoms with Gasteiger partial charge in [-0.15, -0.1) is 0 Å². The van der Waals surface area contributed by atoms with Gasteiger partial charge in [0.15, 0.2) is 0 Å². The van der Waals surface area contributed by atoms with Crippen LogP contribution < -0.4 is 4.98 Å². The minimum absolute atomic E-state index is 0.808. The van der Waals surface area contributed by atoms with E-state index < -0.39 is 8.72 Å². The van der Waals surface area contributed by atoms with E-state index in [4.69, 9.17) is 8.85 Å². The summed E-state index contributed by atoms with van der Waals surface area (Å²) in [4.78, 5) is 3.55. The first-order valence-corrected chi connectivity index (χ1v) is 8.79. The van der Waals surface area contributed by atoms with Crippen LogP contribution in [0.25, 0.3) is 0 Å². The minimum atomic E-state index is -2.10. The third-order valence-corrected chi connectivity index (χ3v) is 5.53. The SMILES string of the molecule is CCCCN[Si](CC)(OCCC)OCCC. The quantitative estimate of drug-likeness (QED) is 0.449.